The number of piperidine rings is 1. The highest BCUT2D eigenvalue weighted by molar-refractivity contribution is 5.87. The highest BCUT2D eigenvalue weighted by Gasteiger charge is 2.42. The molecule has 386 valence electrons. The Hall–Kier alpha value is -6.46. The van der Waals surface area contributed by atoms with Gasteiger partial charge in [-0.25, -0.2) is 28.3 Å². The maximum Gasteiger partial charge on any atom is 0.407 e. The summed E-state index contributed by atoms with van der Waals surface area (Å²) in [6, 6.07) is 12.1. The molecule has 0 aliphatic carbocycles. The number of carbonyl (C=O) groups excluding carboxylic acids is 3. The number of alkyl carbamates (subject to hydrolysis) is 1. The van der Waals surface area contributed by atoms with Crippen LogP contribution in [0.5, 0.6) is 0 Å². The van der Waals surface area contributed by atoms with E-state index in [0.717, 1.165) is 52.7 Å². The number of benzene rings is 3. The van der Waals surface area contributed by atoms with Gasteiger partial charge in [-0.1, -0.05) is 53.7 Å². The number of rotatable bonds is 13. The lowest BCUT2D eigenvalue weighted by molar-refractivity contribution is -0.138. The molecule has 4 saturated heterocycles. The second-order valence-corrected chi connectivity index (χ2v) is 21.5. The lowest BCUT2D eigenvalue weighted by Crippen LogP contribution is -2.51. The summed E-state index contributed by atoms with van der Waals surface area (Å²) in [5, 5.41) is 12.5. The van der Waals surface area contributed by atoms with E-state index >= 15 is 8.78 Å². The third-order valence-electron chi connectivity index (χ3n) is 16.0. The maximum absolute atomic E-state index is 16.7. The Bertz CT molecular complexity index is 2800. The Morgan fingerprint density at radius 3 is 1.68 bits per heavy atom. The predicted octanol–water partition coefficient (Wildman–Crippen LogP) is 10.0. The zero-order valence-electron chi connectivity index (χ0n) is 42.8. The standard InChI is InChI=1S/C54H70F2N10O6/c1-29(2)32-19-23-63(24-20-32)48-36(55)27-35(28-37(48)56)66-42(33-13-15-38-40(25-33)59-49(57-38)44-11-9-21-64(44)51(67)46(30(3)4)61-53(69)72-8)17-18-43(66)34-14-16-39-41(26-34)60-50(58-39)45-12-10-22-65(45)52(68)47(31(5)6)62(7)54(70)71/h13-16,25-32,42-47H,9-12,17-24H2,1-8H3,(H,57,59)(H,58,60)(H,61,69)(H,70,71)/t42-,43-,44+,45+,46+,47+/m1/s1. The third-order valence-corrected chi connectivity index (χ3v) is 16.0. The first-order valence-corrected chi connectivity index (χ1v) is 25.9. The van der Waals surface area contributed by atoms with Crippen molar-refractivity contribution in [2.75, 3.05) is 50.1 Å². The van der Waals surface area contributed by atoms with Crippen LogP contribution in [0.25, 0.3) is 22.1 Å². The monoisotopic (exact) mass is 993 g/mol. The van der Waals surface area contributed by atoms with Crippen LogP contribution in [0, 0.1) is 35.3 Å². The Balaban J connectivity index is 1.04. The number of aromatic amines is 2. The first-order chi connectivity index (χ1) is 34.4. The van der Waals surface area contributed by atoms with Crippen molar-refractivity contribution in [2.45, 2.75) is 129 Å². The molecule has 2 aromatic heterocycles. The SMILES string of the molecule is COC(=O)N[C@H](C(=O)N1CCC[C@H]1c1nc2cc([C@H]3CC[C@H](c4ccc5[nH]c([C@@H]6CCCN6C(=O)[C@H](C(C)C)N(C)C(=O)O)nc5c4)N3c3cc(F)c(N4CCC(C(C)C)CC4)c(F)c3)ccc2[nH]1)C(C)C. The number of carboxylic acid groups (broad SMARTS) is 1. The van der Waals surface area contributed by atoms with Crippen LogP contribution < -0.4 is 15.1 Å². The van der Waals surface area contributed by atoms with Crippen molar-refractivity contribution in [1.82, 2.24) is 40.0 Å². The molecule has 72 heavy (non-hydrogen) atoms. The molecule has 0 saturated carbocycles. The van der Waals surface area contributed by atoms with Gasteiger partial charge in [-0.3, -0.25) is 14.5 Å². The largest absolute Gasteiger partial charge is 0.465 e. The molecule has 6 atom stereocenters. The Morgan fingerprint density at radius 1 is 0.708 bits per heavy atom. The molecule has 3 aromatic carbocycles. The number of nitrogens with one attached hydrogen (secondary N) is 3. The van der Waals surface area contributed by atoms with Crippen molar-refractivity contribution in [3.8, 4) is 0 Å². The number of nitrogens with zero attached hydrogens (tertiary/aromatic N) is 7. The molecule has 0 bridgehead atoms. The van der Waals surface area contributed by atoms with Crippen LogP contribution in [0.3, 0.4) is 0 Å². The molecule has 16 nitrogen and oxygen atoms in total. The maximum atomic E-state index is 16.7. The van der Waals surface area contributed by atoms with Crippen molar-refractivity contribution in [1.29, 1.82) is 0 Å². The minimum absolute atomic E-state index is 0.0122. The number of methoxy groups -OCH3 is 1. The van der Waals surface area contributed by atoms with E-state index in [1.807, 2.05) is 69.0 Å². The zero-order valence-corrected chi connectivity index (χ0v) is 42.8. The summed E-state index contributed by atoms with van der Waals surface area (Å²) < 4.78 is 38.1. The molecule has 18 heteroatoms. The Kier molecular flexibility index (Phi) is 14.4. The van der Waals surface area contributed by atoms with Crippen LogP contribution in [0.15, 0.2) is 48.5 Å². The fourth-order valence-electron chi connectivity index (χ4n) is 12.1. The summed E-state index contributed by atoms with van der Waals surface area (Å²) in [6.45, 7) is 14.0. The average Bonchev–Trinajstić information content (AvgIpc) is 4.21. The highest BCUT2D eigenvalue weighted by Crippen LogP contribution is 2.49. The lowest BCUT2D eigenvalue weighted by atomic mass is 9.86. The molecule has 0 radical (unpaired) electrons. The molecule has 9 rings (SSSR count). The number of likely N-dealkylation sites (tertiary alicyclic amines) is 2. The molecule has 5 aromatic rings. The molecule has 6 heterocycles. The van der Waals surface area contributed by atoms with Crippen molar-refractivity contribution in [3.63, 3.8) is 0 Å². The summed E-state index contributed by atoms with van der Waals surface area (Å²) in [6.07, 6.45) is 4.15. The number of amides is 4. The lowest BCUT2D eigenvalue weighted by Gasteiger charge is -2.37. The molecule has 0 unspecified atom stereocenters. The van der Waals surface area contributed by atoms with E-state index in [4.69, 9.17) is 14.7 Å². The number of likely N-dealkylation sites (N-methyl/N-ethyl adjacent to an activating group) is 1. The van der Waals surface area contributed by atoms with Crippen molar-refractivity contribution >= 4 is 57.4 Å². The number of halogens is 2. The van der Waals surface area contributed by atoms with Crippen molar-refractivity contribution < 1.29 is 37.8 Å². The summed E-state index contributed by atoms with van der Waals surface area (Å²) >= 11 is 0. The fourth-order valence-corrected chi connectivity index (χ4v) is 12.1. The number of H-pyrrole nitrogens is 2. The second kappa shape index (κ2) is 20.6. The van der Waals surface area contributed by atoms with Gasteiger partial charge in [-0.2, -0.15) is 0 Å². The first kappa shape index (κ1) is 50.5. The molecule has 4 aliphatic heterocycles. The van der Waals surface area contributed by atoms with Crippen molar-refractivity contribution in [2.24, 2.45) is 23.7 Å². The Morgan fingerprint density at radius 2 is 1.22 bits per heavy atom. The van der Waals surface area contributed by atoms with E-state index in [-0.39, 0.29) is 53.5 Å². The summed E-state index contributed by atoms with van der Waals surface area (Å²) in [5.74, 6) is 0.239. The smallest absolute Gasteiger partial charge is 0.407 e. The summed E-state index contributed by atoms with van der Waals surface area (Å²) in [4.78, 5) is 77.8. The van der Waals surface area contributed by atoms with Gasteiger partial charge >= 0.3 is 12.2 Å². The second-order valence-electron chi connectivity index (χ2n) is 21.5. The molecular weight excluding hydrogens is 923 g/mol. The predicted molar refractivity (Wildman–Crippen MR) is 271 cm³/mol. The zero-order chi connectivity index (χ0) is 51.3. The van der Waals surface area contributed by atoms with E-state index in [1.54, 1.807) is 9.80 Å². The molecule has 4 N–H and O–H groups in total. The van der Waals surface area contributed by atoms with Gasteiger partial charge in [0.15, 0.2) is 11.6 Å². The average molecular weight is 993 g/mol. The van der Waals surface area contributed by atoms with Crippen LogP contribution in [0.4, 0.5) is 29.7 Å². The van der Waals surface area contributed by atoms with E-state index < -0.39 is 35.9 Å². The van der Waals surface area contributed by atoms with Gasteiger partial charge in [0, 0.05) is 38.9 Å². The fraction of sp³-hybridized carbons (Fsp3) is 0.556. The van der Waals surface area contributed by atoms with Crippen LogP contribution in [-0.4, -0.2) is 116 Å². The van der Waals surface area contributed by atoms with E-state index in [9.17, 15) is 24.3 Å². The molecule has 4 amide bonds. The van der Waals surface area contributed by atoms with Gasteiger partial charge in [0.2, 0.25) is 11.8 Å². The number of hydrogen-bond acceptors (Lipinski definition) is 9. The van der Waals surface area contributed by atoms with Gasteiger partial charge in [-0.15, -0.1) is 0 Å². The topological polar surface area (TPSA) is 183 Å². The number of ether oxygens (including phenoxy) is 1. The number of fused-ring (bicyclic) bond motifs is 2. The van der Waals surface area contributed by atoms with Gasteiger partial charge in [0.1, 0.15) is 29.4 Å². The van der Waals surface area contributed by atoms with Gasteiger partial charge in [0.05, 0.1) is 53.3 Å². The summed E-state index contributed by atoms with van der Waals surface area (Å²) in [7, 11) is 2.71. The Labute approximate surface area is 419 Å². The van der Waals surface area contributed by atoms with Crippen molar-refractivity contribution in [3.05, 3.63) is 82.9 Å². The first-order valence-electron chi connectivity index (χ1n) is 25.9. The van der Waals surface area contributed by atoms with Crippen LogP contribution >= 0.6 is 0 Å². The highest BCUT2D eigenvalue weighted by atomic mass is 19.1. The number of hydrogen-bond donors (Lipinski definition) is 4. The molecular formula is C54H70F2N10O6. The number of imidazole rings is 2. The number of anilines is 2. The van der Waals surface area contributed by atoms with Crippen LogP contribution in [0.2, 0.25) is 0 Å². The number of aromatic nitrogens is 4. The van der Waals surface area contributed by atoms with E-state index in [0.29, 0.717) is 92.1 Å². The molecule has 4 aliphatic rings. The normalized spacial score (nSPS) is 21.7. The van der Waals surface area contributed by atoms with Gasteiger partial charge in [0.25, 0.3) is 0 Å². The molecule has 0 spiro atoms. The van der Waals surface area contributed by atoms with Crippen LogP contribution in [-0.2, 0) is 14.3 Å². The summed E-state index contributed by atoms with van der Waals surface area (Å²) in [5.41, 5.74) is 5.25. The minimum Gasteiger partial charge on any atom is -0.465 e. The van der Waals surface area contributed by atoms with E-state index in [2.05, 4.69) is 34.0 Å². The minimum atomic E-state index is -1.16. The van der Waals surface area contributed by atoms with Gasteiger partial charge < -0.3 is 44.7 Å². The number of carbonyl (C=O) groups is 4. The molecule has 4 fully saturated rings. The quantitative estimate of drug-likeness (QED) is 0.0886. The van der Waals surface area contributed by atoms with Gasteiger partial charge in [-0.05, 0) is 123 Å². The van der Waals surface area contributed by atoms with E-state index in [1.165, 1.54) is 26.3 Å². The van der Waals surface area contributed by atoms with Crippen LogP contribution in [0.1, 0.15) is 140 Å². The third kappa shape index (κ3) is 9.64.